The second-order valence-corrected chi connectivity index (χ2v) is 7.30. The Morgan fingerprint density at radius 2 is 2.17 bits per heavy atom. The van der Waals surface area contributed by atoms with E-state index in [0.717, 1.165) is 42.4 Å². The third-order valence-corrected chi connectivity index (χ3v) is 5.41. The maximum atomic E-state index is 13.0. The third-order valence-electron chi connectivity index (χ3n) is 4.66. The van der Waals surface area contributed by atoms with Gasteiger partial charge in [0.25, 0.3) is 0 Å². The molecular formula is C18H21FN4S. The Balaban J connectivity index is 1.44. The number of benzene rings is 1. The van der Waals surface area contributed by atoms with Gasteiger partial charge in [-0.3, -0.25) is 9.30 Å². The molecule has 1 fully saturated rings. The minimum Gasteiger partial charge on any atom is -0.381 e. The van der Waals surface area contributed by atoms with E-state index in [1.165, 1.54) is 24.2 Å². The van der Waals surface area contributed by atoms with Crippen LogP contribution in [-0.2, 0) is 6.54 Å². The number of nitrogens with one attached hydrogen (secondary N) is 1. The van der Waals surface area contributed by atoms with E-state index in [9.17, 15) is 4.39 Å². The first-order valence-corrected chi connectivity index (χ1v) is 9.22. The molecule has 1 aromatic carbocycles. The zero-order chi connectivity index (χ0) is 16.5. The van der Waals surface area contributed by atoms with E-state index in [2.05, 4.69) is 38.1 Å². The van der Waals surface area contributed by atoms with Crippen molar-refractivity contribution in [3.63, 3.8) is 0 Å². The molecule has 0 aliphatic carbocycles. The summed E-state index contributed by atoms with van der Waals surface area (Å²) < 4.78 is 15.2. The first-order chi connectivity index (χ1) is 11.7. The fourth-order valence-corrected chi connectivity index (χ4v) is 4.22. The Hall–Kier alpha value is -1.92. The fourth-order valence-electron chi connectivity index (χ4n) is 3.44. The van der Waals surface area contributed by atoms with Gasteiger partial charge in [0.1, 0.15) is 5.82 Å². The van der Waals surface area contributed by atoms with Crippen molar-refractivity contribution in [1.82, 2.24) is 14.3 Å². The maximum absolute atomic E-state index is 13.0. The molecule has 4 nitrogen and oxygen atoms in total. The summed E-state index contributed by atoms with van der Waals surface area (Å²) in [5, 5.41) is 5.62. The lowest BCUT2D eigenvalue weighted by Crippen LogP contribution is -2.41. The van der Waals surface area contributed by atoms with Crippen LogP contribution >= 0.6 is 11.3 Å². The molecule has 1 N–H and O–H groups in total. The summed E-state index contributed by atoms with van der Waals surface area (Å²) in [5.41, 5.74) is 3.40. The van der Waals surface area contributed by atoms with Gasteiger partial charge in [-0.1, -0.05) is 0 Å². The maximum Gasteiger partial charge on any atom is 0.194 e. The van der Waals surface area contributed by atoms with Gasteiger partial charge in [0.05, 0.1) is 11.4 Å². The number of thiazole rings is 1. The molecule has 0 radical (unpaired) electrons. The minimum atomic E-state index is -0.193. The largest absolute Gasteiger partial charge is 0.381 e. The van der Waals surface area contributed by atoms with Crippen molar-refractivity contribution in [3.05, 3.63) is 53.0 Å². The zero-order valence-electron chi connectivity index (χ0n) is 13.7. The van der Waals surface area contributed by atoms with Crippen LogP contribution in [0.25, 0.3) is 4.96 Å². The normalized spacial score (nSPS) is 19.0. The average Bonchev–Trinajstić information content (AvgIpc) is 3.13. The van der Waals surface area contributed by atoms with Crippen molar-refractivity contribution in [1.29, 1.82) is 0 Å². The Bertz CT molecular complexity index is 823. The highest BCUT2D eigenvalue weighted by Crippen LogP contribution is 2.22. The van der Waals surface area contributed by atoms with Crippen molar-refractivity contribution in [2.45, 2.75) is 32.4 Å². The van der Waals surface area contributed by atoms with Gasteiger partial charge in [-0.15, -0.1) is 11.3 Å². The van der Waals surface area contributed by atoms with Crippen LogP contribution in [0.1, 0.15) is 24.2 Å². The zero-order valence-corrected chi connectivity index (χ0v) is 14.5. The predicted octanol–water partition coefficient (Wildman–Crippen LogP) is 3.92. The standard InChI is InChI=1S/C18H21FN4S/c1-13-17(23-9-10-24-18(23)20-13)12-22-8-2-3-16(11-22)21-15-6-4-14(19)5-7-15/h4-7,9-10,16,21H,2-3,8,11-12H2,1H3/t16-/m1/s1. The number of piperidine rings is 1. The van der Waals surface area contributed by atoms with Crippen LogP contribution in [0.5, 0.6) is 0 Å². The number of halogens is 1. The van der Waals surface area contributed by atoms with Crippen molar-refractivity contribution < 1.29 is 4.39 Å². The van der Waals surface area contributed by atoms with Crippen LogP contribution in [0.3, 0.4) is 0 Å². The average molecular weight is 344 g/mol. The highest BCUT2D eigenvalue weighted by molar-refractivity contribution is 7.15. The molecule has 6 heteroatoms. The molecule has 1 aliphatic heterocycles. The number of nitrogens with zero attached hydrogens (tertiary/aromatic N) is 3. The topological polar surface area (TPSA) is 32.6 Å². The molecule has 0 unspecified atom stereocenters. The van der Waals surface area contributed by atoms with Gasteiger partial charge in [-0.05, 0) is 50.6 Å². The quantitative estimate of drug-likeness (QED) is 0.779. The smallest absolute Gasteiger partial charge is 0.194 e. The van der Waals surface area contributed by atoms with Crippen LogP contribution in [0.15, 0.2) is 35.8 Å². The number of aromatic nitrogens is 2. The summed E-state index contributed by atoms with van der Waals surface area (Å²) in [4.78, 5) is 8.19. The molecule has 1 saturated heterocycles. The lowest BCUT2D eigenvalue weighted by Gasteiger charge is -2.33. The van der Waals surface area contributed by atoms with Crippen molar-refractivity contribution >= 4 is 22.0 Å². The molecule has 24 heavy (non-hydrogen) atoms. The van der Waals surface area contributed by atoms with E-state index in [4.69, 9.17) is 0 Å². The summed E-state index contributed by atoms with van der Waals surface area (Å²) in [5.74, 6) is -0.193. The number of fused-ring (bicyclic) bond motifs is 1. The van der Waals surface area contributed by atoms with Crippen LogP contribution < -0.4 is 5.32 Å². The van der Waals surface area contributed by atoms with E-state index in [1.54, 1.807) is 11.3 Å². The van der Waals surface area contributed by atoms with Gasteiger partial charge >= 0.3 is 0 Å². The van der Waals surface area contributed by atoms with Crippen molar-refractivity contribution in [3.8, 4) is 0 Å². The van der Waals surface area contributed by atoms with E-state index in [1.807, 2.05) is 12.1 Å². The van der Waals surface area contributed by atoms with Crippen molar-refractivity contribution in [2.24, 2.45) is 0 Å². The number of likely N-dealkylation sites (tertiary alicyclic amines) is 1. The molecule has 0 amide bonds. The number of rotatable bonds is 4. The molecular weight excluding hydrogens is 323 g/mol. The van der Waals surface area contributed by atoms with Gasteiger partial charge in [0.15, 0.2) is 4.96 Å². The van der Waals surface area contributed by atoms with Crippen LogP contribution in [0, 0.1) is 12.7 Å². The van der Waals surface area contributed by atoms with Gasteiger partial charge in [0, 0.05) is 36.4 Å². The van der Waals surface area contributed by atoms with Crippen molar-refractivity contribution in [2.75, 3.05) is 18.4 Å². The Kier molecular flexibility index (Phi) is 4.24. The highest BCUT2D eigenvalue weighted by Gasteiger charge is 2.22. The Morgan fingerprint density at radius 1 is 1.33 bits per heavy atom. The van der Waals surface area contributed by atoms with Gasteiger partial charge in [0.2, 0.25) is 0 Å². The predicted molar refractivity (Wildman–Crippen MR) is 96.1 cm³/mol. The number of imidazole rings is 1. The van der Waals surface area contributed by atoms with Gasteiger partial charge in [-0.25, -0.2) is 9.37 Å². The van der Waals surface area contributed by atoms with E-state index >= 15 is 0 Å². The number of anilines is 1. The molecule has 3 aromatic rings. The summed E-state index contributed by atoms with van der Waals surface area (Å²) in [6.07, 6.45) is 4.42. The summed E-state index contributed by atoms with van der Waals surface area (Å²) in [6.45, 7) is 5.12. The number of hydrogen-bond donors (Lipinski definition) is 1. The molecule has 3 heterocycles. The number of aryl methyl sites for hydroxylation is 1. The van der Waals surface area contributed by atoms with Crippen LogP contribution in [0.4, 0.5) is 10.1 Å². The van der Waals surface area contributed by atoms with E-state index in [0.29, 0.717) is 6.04 Å². The highest BCUT2D eigenvalue weighted by atomic mass is 32.1. The Labute approximate surface area is 144 Å². The molecule has 2 aromatic heterocycles. The summed E-state index contributed by atoms with van der Waals surface area (Å²) >= 11 is 1.68. The first kappa shape index (κ1) is 15.6. The first-order valence-electron chi connectivity index (χ1n) is 8.34. The molecule has 4 rings (SSSR count). The molecule has 1 aliphatic rings. The monoisotopic (exact) mass is 344 g/mol. The summed E-state index contributed by atoms with van der Waals surface area (Å²) in [7, 11) is 0. The summed E-state index contributed by atoms with van der Waals surface area (Å²) in [6, 6.07) is 7.03. The van der Waals surface area contributed by atoms with E-state index in [-0.39, 0.29) is 5.82 Å². The number of hydrogen-bond acceptors (Lipinski definition) is 4. The Morgan fingerprint density at radius 3 is 3.00 bits per heavy atom. The molecule has 0 spiro atoms. The van der Waals surface area contributed by atoms with Crippen LogP contribution in [0.2, 0.25) is 0 Å². The van der Waals surface area contributed by atoms with Gasteiger partial charge in [-0.2, -0.15) is 0 Å². The molecule has 0 bridgehead atoms. The second-order valence-electron chi connectivity index (χ2n) is 6.42. The lowest BCUT2D eigenvalue weighted by molar-refractivity contribution is 0.205. The SMILES string of the molecule is Cc1nc2sccn2c1CN1CCC[C@@H](Nc2ccc(F)cc2)C1. The third kappa shape index (κ3) is 3.16. The van der Waals surface area contributed by atoms with Crippen LogP contribution in [-0.4, -0.2) is 33.4 Å². The molecule has 0 saturated carbocycles. The molecule has 1 atom stereocenters. The molecule has 126 valence electrons. The van der Waals surface area contributed by atoms with Gasteiger partial charge < -0.3 is 5.32 Å². The lowest BCUT2D eigenvalue weighted by atomic mass is 10.0. The van der Waals surface area contributed by atoms with E-state index < -0.39 is 0 Å². The fraction of sp³-hybridized carbons (Fsp3) is 0.389. The second kappa shape index (κ2) is 6.53. The minimum absolute atomic E-state index is 0.193.